The number of halogens is 2. The second-order valence-electron chi connectivity index (χ2n) is 4.70. The SMILES string of the molecule is CCOC(=O)c1ccccc1N(C)C(=O)c1c(F)cccc1F. The van der Waals surface area contributed by atoms with Gasteiger partial charge in [0.15, 0.2) is 0 Å². The Morgan fingerprint density at radius 3 is 2.26 bits per heavy atom. The molecule has 1 amide bonds. The molecule has 6 heteroatoms. The number of rotatable bonds is 4. The van der Waals surface area contributed by atoms with Crippen molar-refractivity contribution in [3.05, 3.63) is 65.2 Å². The van der Waals surface area contributed by atoms with Crippen molar-refractivity contribution in [2.75, 3.05) is 18.6 Å². The van der Waals surface area contributed by atoms with Crippen molar-refractivity contribution in [2.24, 2.45) is 0 Å². The first-order valence-electron chi connectivity index (χ1n) is 6.95. The average molecular weight is 319 g/mol. The summed E-state index contributed by atoms with van der Waals surface area (Å²) in [7, 11) is 1.34. The summed E-state index contributed by atoms with van der Waals surface area (Å²) >= 11 is 0. The number of esters is 1. The molecule has 0 saturated carbocycles. The Bertz CT molecular complexity index is 726. The van der Waals surface area contributed by atoms with E-state index >= 15 is 0 Å². The summed E-state index contributed by atoms with van der Waals surface area (Å²) < 4.78 is 32.5. The number of nitrogens with zero attached hydrogens (tertiary/aromatic N) is 1. The molecule has 23 heavy (non-hydrogen) atoms. The zero-order chi connectivity index (χ0) is 17.0. The van der Waals surface area contributed by atoms with E-state index in [2.05, 4.69) is 0 Å². The van der Waals surface area contributed by atoms with Crippen LogP contribution in [0.2, 0.25) is 0 Å². The van der Waals surface area contributed by atoms with Crippen LogP contribution in [0.4, 0.5) is 14.5 Å². The molecule has 0 fully saturated rings. The van der Waals surface area contributed by atoms with E-state index < -0.39 is 29.1 Å². The van der Waals surface area contributed by atoms with Crippen molar-refractivity contribution in [1.82, 2.24) is 0 Å². The minimum atomic E-state index is -0.963. The first-order valence-corrected chi connectivity index (χ1v) is 6.95. The summed E-state index contributed by atoms with van der Waals surface area (Å²) in [6.07, 6.45) is 0. The lowest BCUT2D eigenvalue weighted by Gasteiger charge is -2.20. The van der Waals surface area contributed by atoms with E-state index in [9.17, 15) is 18.4 Å². The van der Waals surface area contributed by atoms with Crippen molar-refractivity contribution >= 4 is 17.6 Å². The molecule has 2 aromatic carbocycles. The van der Waals surface area contributed by atoms with Crippen LogP contribution >= 0.6 is 0 Å². The minimum Gasteiger partial charge on any atom is -0.462 e. The Morgan fingerprint density at radius 1 is 1.04 bits per heavy atom. The highest BCUT2D eigenvalue weighted by atomic mass is 19.1. The molecular formula is C17H15F2NO3. The zero-order valence-electron chi connectivity index (χ0n) is 12.7. The molecule has 4 nitrogen and oxygen atoms in total. The van der Waals surface area contributed by atoms with Crippen LogP contribution < -0.4 is 4.90 Å². The lowest BCUT2D eigenvalue weighted by molar-refractivity contribution is 0.0527. The second kappa shape index (κ2) is 7.00. The van der Waals surface area contributed by atoms with Gasteiger partial charge < -0.3 is 9.64 Å². The van der Waals surface area contributed by atoms with Crippen LogP contribution in [0.15, 0.2) is 42.5 Å². The summed E-state index contributed by atoms with van der Waals surface area (Å²) in [6, 6.07) is 9.38. The molecule has 0 aromatic heterocycles. The first kappa shape index (κ1) is 16.6. The Hall–Kier alpha value is -2.76. The van der Waals surface area contributed by atoms with E-state index in [1.807, 2.05) is 0 Å². The number of hydrogen-bond donors (Lipinski definition) is 0. The molecule has 0 saturated heterocycles. The molecule has 0 N–H and O–H groups in total. The lowest BCUT2D eigenvalue weighted by Crippen LogP contribution is -2.29. The number of anilines is 1. The van der Waals surface area contributed by atoms with Gasteiger partial charge in [-0.1, -0.05) is 18.2 Å². The molecule has 0 aliphatic heterocycles. The molecule has 0 heterocycles. The van der Waals surface area contributed by atoms with Gasteiger partial charge in [-0.3, -0.25) is 4.79 Å². The molecule has 2 aromatic rings. The lowest BCUT2D eigenvalue weighted by atomic mass is 10.1. The highest BCUT2D eigenvalue weighted by Crippen LogP contribution is 2.23. The van der Waals surface area contributed by atoms with E-state index in [4.69, 9.17) is 4.74 Å². The minimum absolute atomic E-state index is 0.141. The molecule has 0 aliphatic carbocycles. The van der Waals surface area contributed by atoms with E-state index in [1.165, 1.54) is 25.2 Å². The fourth-order valence-electron chi connectivity index (χ4n) is 2.13. The maximum absolute atomic E-state index is 13.8. The van der Waals surface area contributed by atoms with Crippen LogP contribution in [0.5, 0.6) is 0 Å². The Morgan fingerprint density at radius 2 is 1.65 bits per heavy atom. The number of benzene rings is 2. The van der Waals surface area contributed by atoms with Gasteiger partial charge in [-0.2, -0.15) is 0 Å². The van der Waals surface area contributed by atoms with Crippen LogP contribution in [0.3, 0.4) is 0 Å². The molecule has 0 radical (unpaired) electrons. The molecule has 0 bridgehead atoms. The van der Waals surface area contributed by atoms with E-state index in [0.29, 0.717) is 0 Å². The molecule has 0 atom stereocenters. The van der Waals surface area contributed by atoms with Gasteiger partial charge in [0.1, 0.15) is 17.2 Å². The summed E-state index contributed by atoms with van der Waals surface area (Å²) in [5.41, 5.74) is -0.325. The monoisotopic (exact) mass is 319 g/mol. The van der Waals surface area contributed by atoms with Crippen LogP contribution in [0.25, 0.3) is 0 Å². The predicted molar refractivity (Wildman–Crippen MR) is 81.5 cm³/mol. The topological polar surface area (TPSA) is 46.6 Å². The van der Waals surface area contributed by atoms with Gasteiger partial charge in [0.05, 0.1) is 17.9 Å². The van der Waals surface area contributed by atoms with Crippen LogP contribution in [0.1, 0.15) is 27.6 Å². The van der Waals surface area contributed by atoms with Gasteiger partial charge in [-0.25, -0.2) is 13.6 Å². The number of carbonyl (C=O) groups excluding carboxylic acids is 2. The first-order chi connectivity index (χ1) is 11.0. The summed E-state index contributed by atoms with van der Waals surface area (Å²) in [4.78, 5) is 25.4. The smallest absolute Gasteiger partial charge is 0.340 e. The predicted octanol–water partition coefficient (Wildman–Crippen LogP) is 3.42. The molecular weight excluding hydrogens is 304 g/mol. The Balaban J connectivity index is 2.43. The van der Waals surface area contributed by atoms with E-state index in [1.54, 1.807) is 19.1 Å². The molecule has 0 aliphatic rings. The number of para-hydroxylation sites is 1. The molecule has 120 valence electrons. The highest BCUT2D eigenvalue weighted by Gasteiger charge is 2.24. The van der Waals surface area contributed by atoms with Gasteiger partial charge in [-0.05, 0) is 31.2 Å². The summed E-state index contributed by atoms with van der Waals surface area (Å²) in [6.45, 7) is 1.83. The van der Waals surface area contributed by atoms with Gasteiger partial charge >= 0.3 is 5.97 Å². The summed E-state index contributed by atoms with van der Waals surface area (Å²) in [5, 5.41) is 0. The van der Waals surface area contributed by atoms with Crippen LogP contribution in [-0.4, -0.2) is 25.5 Å². The van der Waals surface area contributed by atoms with Crippen LogP contribution in [0, 0.1) is 11.6 Å². The maximum atomic E-state index is 13.8. The highest BCUT2D eigenvalue weighted by molar-refractivity contribution is 6.09. The fraction of sp³-hybridized carbons (Fsp3) is 0.176. The Kier molecular flexibility index (Phi) is 5.05. The third-order valence-electron chi connectivity index (χ3n) is 3.24. The number of ether oxygens (including phenoxy) is 1. The van der Waals surface area contributed by atoms with Crippen LogP contribution in [-0.2, 0) is 4.74 Å². The normalized spacial score (nSPS) is 10.3. The van der Waals surface area contributed by atoms with Gasteiger partial charge in [-0.15, -0.1) is 0 Å². The third-order valence-corrected chi connectivity index (χ3v) is 3.24. The standard InChI is InChI=1S/C17H15F2NO3/c1-3-23-17(22)11-7-4-5-10-14(11)20(2)16(21)15-12(18)8-6-9-13(15)19/h4-10H,3H2,1-2H3. The van der Waals surface area contributed by atoms with Gasteiger partial charge in [0.2, 0.25) is 0 Å². The van der Waals surface area contributed by atoms with Crippen molar-refractivity contribution in [3.63, 3.8) is 0 Å². The second-order valence-corrected chi connectivity index (χ2v) is 4.70. The zero-order valence-corrected chi connectivity index (χ0v) is 12.7. The van der Waals surface area contributed by atoms with Crippen molar-refractivity contribution < 1.29 is 23.1 Å². The molecule has 0 spiro atoms. The van der Waals surface area contributed by atoms with Gasteiger partial charge in [0.25, 0.3) is 5.91 Å². The summed E-state index contributed by atoms with van der Waals surface area (Å²) in [5.74, 6) is -3.43. The largest absolute Gasteiger partial charge is 0.462 e. The molecule has 2 rings (SSSR count). The fourth-order valence-corrected chi connectivity index (χ4v) is 2.13. The maximum Gasteiger partial charge on any atom is 0.340 e. The Labute approximate surface area is 132 Å². The van der Waals surface area contributed by atoms with Crippen molar-refractivity contribution in [3.8, 4) is 0 Å². The van der Waals surface area contributed by atoms with Crippen molar-refractivity contribution in [2.45, 2.75) is 6.92 Å². The third kappa shape index (κ3) is 3.36. The van der Waals surface area contributed by atoms with Crippen molar-refractivity contribution in [1.29, 1.82) is 0 Å². The van der Waals surface area contributed by atoms with E-state index in [0.717, 1.165) is 17.0 Å². The average Bonchev–Trinajstić information content (AvgIpc) is 2.54. The van der Waals surface area contributed by atoms with E-state index in [-0.39, 0.29) is 17.9 Å². The quantitative estimate of drug-likeness (QED) is 0.811. The number of carbonyl (C=O) groups is 2. The molecule has 0 unspecified atom stereocenters. The van der Waals surface area contributed by atoms with Gasteiger partial charge in [0, 0.05) is 7.05 Å². The number of amides is 1. The number of hydrogen-bond acceptors (Lipinski definition) is 3.